The normalized spacial score (nSPS) is 11.4. The van der Waals surface area contributed by atoms with Crippen molar-refractivity contribution in [3.63, 3.8) is 0 Å². The highest BCUT2D eigenvalue weighted by Gasteiger charge is 2.26. The van der Waals surface area contributed by atoms with Gasteiger partial charge in [-0.1, -0.05) is 35.9 Å². The number of aromatic nitrogens is 2. The van der Waals surface area contributed by atoms with Gasteiger partial charge in [-0.05, 0) is 35.9 Å². The van der Waals surface area contributed by atoms with Gasteiger partial charge in [0.05, 0.1) is 31.1 Å². The van der Waals surface area contributed by atoms with E-state index in [1.54, 1.807) is 42.5 Å². The molecule has 0 aliphatic heterocycles. The Balaban J connectivity index is 1.66. The number of hydrogen-bond donors (Lipinski definition) is 2. The molecule has 1 amide bonds. The van der Waals surface area contributed by atoms with Gasteiger partial charge < -0.3 is 19.2 Å². The fourth-order valence-electron chi connectivity index (χ4n) is 3.70. The van der Waals surface area contributed by atoms with Gasteiger partial charge in [0.1, 0.15) is 11.5 Å². The van der Waals surface area contributed by atoms with Gasteiger partial charge in [0.15, 0.2) is 0 Å². The summed E-state index contributed by atoms with van der Waals surface area (Å²) in [5.41, 5.74) is 1.05. The van der Waals surface area contributed by atoms with E-state index in [1.165, 1.54) is 32.4 Å². The molecule has 4 rings (SSSR count). The highest BCUT2D eigenvalue weighted by Crippen LogP contribution is 2.32. The van der Waals surface area contributed by atoms with Crippen LogP contribution in [0.1, 0.15) is 23.4 Å². The van der Waals surface area contributed by atoms with Crippen LogP contribution in [0.3, 0.4) is 0 Å². The van der Waals surface area contributed by atoms with Crippen molar-refractivity contribution in [2.75, 3.05) is 19.5 Å². The summed E-state index contributed by atoms with van der Waals surface area (Å²) < 4.78 is 71.1. The van der Waals surface area contributed by atoms with Gasteiger partial charge in [-0.15, -0.1) is 10.2 Å². The molecule has 0 radical (unpaired) electrons. The van der Waals surface area contributed by atoms with Crippen LogP contribution in [0.4, 0.5) is 14.5 Å². The lowest BCUT2D eigenvalue weighted by atomic mass is 10.1. The van der Waals surface area contributed by atoms with E-state index in [0.29, 0.717) is 27.6 Å². The number of nitrogens with zero attached hydrogens (tertiary/aromatic N) is 2. The summed E-state index contributed by atoms with van der Waals surface area (Å²) in [5, 5.41) is 9.89. The van der Waals surface area contributed by atoms with E-state index < -0.39 is 34.1 Å². The van der Waals surface area contributed by atoms with E-state index in [0.717, 1.165) is 0 Å². The van der Waals surface area contributed by atoms with E-state index in [9.17, 15) is 22.0 Å². The summed E-state index contributed by atoms with van der Waals surface area (Å²) in [6, 6.07) is 15.5. The average Bonchev–Trinajstić information content (AvgIpc) is 3.44. The van der Waals surface area contributed by atoms with E-state index >= 15 is 0 Å². The molecule has 0 spiro atoms. The second-order valence-corrected chi connectivity index (χ2v) is 10.4. The van der Waals surface area contributed by atoms with Gasteiger partial charge in [0.2, 0.25) is 21.8 Å². The van der Waals surface area contributed by atoms with Crippen molar-refractivity contribution in [2.45, 2.75) is 24.3 Å². The smallest absolute Gasteiger partial charge is 0.314 e. The van der Waals surface area contributed by atoms with Crippen LogP contribution in [0.5, 0.6) is 11.5 Å². The van der Waals surface area contributed by atoms with Crippen molar-refractivity contribution < 1.29 is 35.9 Å². The third kappa shape index (κ3) is 6.73. The minimum Gasteiger partial charge on any atom is -0.497 e. The molecule has 14 heteroatoms. The largest absolute Gasteiger partial charge is 0.497 e. The van der Waals surface area contributed by atoms with Gasteiger partial charge in [-0.3, -0.25) is 4.79 Å². The molecular weight excluding hydrogens is 570 g/mol. The number of carbonyl (C=O) groups is 1. The first-order valence-electron chi connectivity index (χ1n) is 11.6. The number of hydrogen-bond acceptors (Lipinski definition) is 8. The van der Waals surface area contributed by atoms with Gasteiger partial charge in [-0.25, -0.2) is 13.1 Å². The first-order chi connectivity index (χ1) is 19.1. The Morgan fingerprint density at radius 1 is 1.02 bits per heavy atom. The molecular formula is C26H23ClF2N4O6S. The standard InChI is InChI=1S/C26H23ClF2N4O6S/c1-37-18-9-7-16(21(13-18)38-2)14-30-40(35,36)22-12-17(31-23(34)11-15-5-3-4-6-20(15)27)8-10-19(22)25-32-33-26(39-25)24(28)29/h3-10,12-13,24,30H,11,14H2,1-2H3,(H,31,34). The van der Waals surface area contributed by atoms with Gasteiger partial charge in [0.25, 0.3) is 5.89 Å². The molecule has 0 bridgehead atoms. The van der Waals surface area contributed by atoms with Crippen molar-refractivity contribution in [2.24, 2.45) is 0 Å². The lowest BCUT2D eigenvalue weighted by Crippen LogP contribution is -2.24. The molecule has 0 unspecified atom stereocenters. The summed E-state index contributed by atoms with van der Waals surface area (Å²) in [6.07, 6.45) is -3.12. The molecule has 0 atom stereocenters. The number of halogens is 3. The van der Waals surface area contributed by atoms with Gasteiger partial charge in [0, 0.05) is 28.9 Å². The Morgan fingerprint density at radius 2 is 1.80 bits per heavy atom. The maximum atomic E-state index is 13.5. The lowest BCUT2D eigenvalue weighted by molar-refractivity contribution is -0.115. The molecule has 10 nitrogen and oxygen atoms in total. The lowest BCUT2D eigenvalue weighted by Gasteiger charge is -2.14. The van der Waals surface area contributed by atoms with Crippen LogP contribution < -0.4 is 19.5 Å². The highest BCUT2D eigenvalue weighted by molar-refractivity contribution is 7.89. The van der Waals surface area contributed by atoms with Crippen LogP contribution >= 0.6 is 11.6 Å². The Hall–Kier alpha value is -4.07. The summed E-state index contributed by atoms with van der Waals surface area (Å²) in [7, 11) is -1.43. The van der Waals surface area contributed by atoms with Crippen LogP contribution in [0, 0.1) is 0 Å². The summed E-state index contributed by atoms with van der Waals surface area (Å²) in [5.74, 6) is -0.977. The van der Waals surface area contributed by atoms with E-state index in [1.807, 2.05) is 0 Å². The second-order valence-electron chi connectivity index (χ2n) is 8.28. The fourth-order valence-corrected chi connectivity index (χ4v) is 5.13. The third-order valence-electron chi connectivity index (χ3n) is 5.67. The molecule has 0 aliphatic carbocycles. The maximum absolute atomic E-state index is 13.5. The van der Waals surface area contributed by atoms with Crippen LogP contribution in [0.15, 0.2) is 70.0 Å². The molecule has 1 aromatic heterocycles. The number of sulfonamides is 1. The fraction of sp³-hybridized carbons (Fsp3) is 0.192. The maximum Gasteiger partial charge on any atom is 0.314 e. The molecule has 4 aromatic rings. The second kappa shape index (κ2) is 12.4. The van der Waals surface area contributed by atoms with E-state index in [2.05, 4.69) is 20.2 Å². The summed E-state index contributed by atoms with van der Waals surface area (Å²) in [4.78, 5) is 12.3. The number of ether oxygens (including phenoxy) is 2. The minimum atomic E-state index is -4.34. The van der Waals surface area contributed by atoms with Gasteiger partial charge in [-0.2, -0.15) is 8.78 Å². The van der Waals surface area contributed by atoms with Crippen molar-refractivity contribution >= 4 is 33.2 Å². The molecule has 1 heterocycles. The SMILES string of the molecule is COc1ccc(CNS(=O)(=O)c2cc(NC(=O)Cc3ccccc3Cl)ccc2-c2nnc(C(F)F)o2)c(OC)c1. The highest BCUT2D eigenvalue weighted by atomic mass is 35.5. The number of methoxy groups -OCH3 is 2. The van der Waals surface area contributed by atoms with Crippen LogP contribution in [-0.4, -0.2) is 38.7 Å². The zero-order valence-corrected chi connectivity index (χ0v) is 22.7. The Labute approximate surface area is 233 Å². The van der Waals surface area contributed by atoms with Crippen LogP contribution in [0.25, 0.3) is 11.5 Å². The predicted molar refractivity (Wildman–Crippen MR) is 142 cm³/mol. The first kappa shape index (κ1) is 28.9. The third-order valence-corrected chi connectivity index (χ3v) is 7.48. The van der Waals surface area contributed by atoms with Crippen molar-refractivity contribution in [3.8, 4) is 23.0 Å². The van der Waals surface area contributed by atoms with Crippen LogP contribution in [-0.2, 0) is 27.8 Å². The number of rotatable bonds is 11. The first-order valence-corrected chi connectivity index (χ1v) is 13.5. The predicted octanol–water partition coefficient (Wildman–Crippen LogP) is 5.00. The molecule has 0 saturated carbocycles. The van der Waals surface area contributed by atoms with Gasteiger partial charge >= 0.3 is 6.43 Å². The number of nitrogens with one attached hydrogen (secondary N) is 2. The molecule has 210 valence electrons. The van der Waals surface area contributed by atoms with Crippen molar-refractivity contribution in [1.29, 1.82) is 0 Å². The molecule has 2 N–H and O–H groups in total. The quantitative estimate of drug-likeness (QED) is 0.248. The zero-order valence-electron chi connectivity index (χ0n) is 21.2. The number of alkyl halides is 2. The number of anilines is 1. The Bertz CT molecular complexity index is 1630. The average molecular weight is 593 g/mol. The minimum absolute atomic E-state index is 0.0690. The monoisotopic (exact) mass is 592 g/mol. The summed E-state index contributed by atoms with van der Waals surface area (Å²) in [6.45, 7) is -0.190. The molecule has 40 heavy (non-hydrogen) atoms. The molecule has 0 saturated heterocycles. The van der Waals surface area contributed by atoms with E-state index in [-0.39, 0.29) is 29.1 Å². The van der Waals surface area contributed by atoms with Crippen molar-refractivity contribution in [3.05, 3.63) is 82.7 Å². The van der Waals surface area contributed by atoms with Crippen LogP contribution in [0.2, 0.25) is 5.02 Å². The Kier molecular flexibility index (Phi) is 8.97. The molecule has 3 aromatic carbocycles. The number of benzene rings is 3. The Morgan fingerprint density at radius 3 is 2.48 bits per heavy atom. The summed E-state index contributed by atoms with van der Waals surface area (Å²) >= 11 is 6.13. The number of carbonyl (C=O) groups excluding carboxylic acids is 1. The van der Waals surface area contributed by atoms with Crippen molar-refractivity contribution in [1.82, 2.24) is 14.9 Å². The zero-order chi connectivity index (χ0) is 28.9. The van der Waals surface area contributed by atoms with E-state index in [4.69, 9.17) is 25.5 Å². The molecule has 0 fully saturated rings. The number of amides is 1. The topological polar surface area (TPSA) is 133 Å². The molecule has 0 aliphatic rings.